The molecule has 0 radical (unpaired) electrons. The molecule has 1 aromatic heterocycles. The molecule has 0 aliphatic carbocycles. The first kappa shape index (κ1) is 14.5. The number of nitrogens with one attached hydrogen (secondary N) is 1. The van der Waals surface area contributed by atoms with Crippen molar-refractivity contribution < 1.29 is 8.42 Å². The van der Waals surface area contributed by atoms with Gasteiger partial charge in [0.1, 0.15) is 15.2 Å². The molecule has 0 saturated carbocycles. The van der Waals surface area contributed by atoms with Gasteiger partial charge >= 0.3 is 0 Å². The lowest BCUT2D eigenvalue weighted by molar-refractivity contribution is 0.559. The Labute approximate surface area is 110 Å². The topological polar surface area (TPSA) is 70.0 Å². The first-order valence-electron chi connectivity index (χ1n) is 5.01. The van der Waals surface area contributed by atoms with Crippen molar-refractivity contribution in [3.8, 4) is 6.07 Å². The normalized spacial score (nSPS) is 13.2. The number of hydrogen-bond acceptors (Lipinski definition) is 5. The van der Waals surface area contributed by atoms with Crippen LogP contribution in [0.1, 0.15) is 18.2 Å². The van der Waals surface area contributed by atoms with Crippen LogP contribution < -0.4 is 4.72 Å². The van der Waals surface area contributed by atoms with E-state index in [2.05, 4.69) is 4.72 Å². The van der Waals surface area contributed by atoms with Crippen molar-refractivity contribution in [3.63, 3.8) is 0 Å². The summed E-state index contributed by atoms with van der Waals surface area (Å²) in [7, 11) is -3.47. The largest absolute Gasteiger partial charge is 0.250 e. The molecule has 7 heteroatoms. The van der Waals surface area contributed by atoms with E-state index in [1.54, 1.807) is 11.8 Å². The maximum atomic E-state index is 11.9. The van der Waals surface area contributed by atoms with E-state index in [0.717, 1.165) is 23.5 Å². The van der Waals surface area contributed by atoms with Gasteiger partial charge in [-0.2, -0.15) is 17.0 Å². The Morgan fingerprint density at radius 1 is 1.59 bits per heavy atom. The molecule has 0 fully saturated rings. The maximum absolute atomic E-state index is 11.9. The zero-order valence-electron chi connectivity index (χ0n) is 9.63. The SMILES string of the molecule is CSCCC(C)NS(=O)(=O)c1ccc(C#N)s1. The molecule has 1 atom stereocenters. The van der Waals surface area contributed by atoms with Gasteiger partial charge in [-0.05, 0) is 37.5 Å². The van der Waals surface area contributed by atoms with Gasteiger partial charge in [-0.1, -0.05) is 0 Å². The van der Waals surface area contributed by atoms with Crippen LogP contribution >= 0.6 is 23.1 Å². The zero-order valence-corrected chi connectivity index (χ0v) is 12.1. The molecule has 1 N–H and O–H groups in total. The highest BCUT2D eigenvalue weighted by Gasteiger charge is 2.19. The van der Waals surface area contributed by atoms with Crippen LogP contribution in [0.2, 0.25) is 0 Å². The van der Waals surface area contributed by atoms with Crippen LogP contribution in [0.3, 0.4) is 0 Å². The van der Waals surface area contributed by atoms with Crippen molar-refractivity contribution in [1.82, 2.24) is 4.72 Å². The smallest absolute Gasteiger partial charge is 0.208 e. The minimum Gasteiger partial charge on any atom is -0.208 e. The fourth-order valence-electron chi connectivity index (χ4n) is 1.20. The third kappa shape index (κ3) is 4.32. The summed E-state index contributed by atoms with van der Waals surface area (Å²) >= 11 is 2.67. The van der Waals surface area contributed by atoms with Gasteiger partial charge in [0.25, 0.3) is 0 Å². The molecule has 0 spiro atoms. The summed E-state index contributed by atoms with van der Waals surface area (Å²) in [5.41, 5.74) is 0. The molecule has 1 heterocycles. The molecule has 1 rings (SSSR count). The summed E-state index contributed by atoms with van der Waals surface area (Å²) in [6.45, 7) is 1.84. The minimum atomic E-state index is -3.47. The first-order valence-corrected chi connectivity index (χ1v) is 8.70. The number of rotatable bonds is 6. The lowest BCUT2D eigenvalue weighted by Crippen LogP contribution is -2.32. The Balaban J connectivity index is 2.72. The Kier molecular flexibility index (Phi) is 5.46. The van der Waals surface area contributed by atoms with E-state index in [1.807, 2.05) is 19.2 Å². The van der Waals surface area contributed by atoms with Gasteiger partial charge in [0, 0.05) is 6.04 Å². The molecule has 0 saturated heterocycles. The van der Waals surface area contributed by atoms with E-state index in [4.69, 9.17) is 5.26 Å². The minimum absolute atomic E-state index is 0.0971. The summed E-state index contributed by atoms with van der Waals surface area (Å²) in [5, 5.41) is 8.66. The van der Waals surface area contributed by atoms with Crippen LogP contribution in [-0.4, -0.2) is 26.5 Å². The molecule has 1 unspecified atom stereocenters. The number of thiophene rings is 1. The van der Waals surface area contributed by atoms with Crippen LogP contribution in [0.15, 0.2) is 16.3 Å². The van der Waals surface area contributed by atoms with Crippen molar-refractivity contribution in [1.29, 1.82) is 5.26 Å². The molecule has 0 aromatic carbocycles. The van der Waals surface area contributed by atoms with Crippen molar-refractivity contribution in [2.24, 2.45) is 0 Å². The lowest BCUT2D eigenvalue weighted by Gasteiger charge is -2.12. The molecule has 17 heavy (non-hydrogen) atoms. The number of hydrogen-bond donors (Lipinski definition) is 1. The van der Waals surface area contributed by atoms with E-state index in [0.29, 0.717) is 4.88 Å². The molecule has 0 amide bonds. The van der Waals surface area contributed by atoms with Gasteiger partial charge in [-0.25, -0.2) is 13.1 Å². The molecule has 94 valence electrons. The highest BCUT2D eigenvalue weighted by molar-refractivity contribution is 7.98. The summed E-state index contributed by atoms with van der Waals surface area (Å²) in [4.78, 5) is 0.405. The highest BCUT2D eigenvalue weighted by Crippen LogP contribution is 2.21. The van der Waals surface area contributed by atoms with Crippen LogP contribution in [0.4, 0.5) is 0 Å². The Hall–Kier alpha value is -0.550. The van der Waals surface area contributed by atoms with Crippen LogP contribution in [-0.2, 0) is 10.0 Å². The number of nitrogens with zero attached hydrogens (tertiary/aromatic N) is 1. The fraction of sp³-hybridized carbons (Fsp3) is 0.500. The first-order chi connectivity index (χ1) is 7.99. The number of thioether (sulfide) groups is 1. The third-order valence-electron chi connectivity index (χ3n) is 2.07. The van der Waals surface area contributed by atoms with E-state index >= 15 is 0 Å². The van der Waals surface area contributed by atoms with Crippen LogP contribution in [0.25, 0.3) is 0 Å². The van der Waals surface area contributed by atoms with Crippen molar-refractivity contribution in [2.45, 2.75) is 23.6 Å². The molecular weight excluding hydrogens is 276 g/mol. The van der Waals surface area contributed by atoms with Gasteiger partial charge < -0.3 is 0 Å². The van der Waals surface area contributed by atoms with E-state index in [1.165, 1.54) is 12.1 Å². The number of nitriles is 1. The zero-order chi connectivity index (χ0) is 12.9. The quantitative estimate of drug-likeness (QED) is 0.870. The predicted octanol–water partition coefficient (Wildman–Crippen LogP) is 2.04. The summed E-state index contributed by atoms with van der Waals surface area (Å²) in [6.07, 6.45) is 2.77. The number of sulfonamides is 1. The molecule has 1 aromatic rings. The fourth-order valence-corrected chi connectivity index (χ4v) is 4.19. The Morgan fingerprint density at radius 3 is 2.82 bits per heavy atom. The average molecular weight is 290 g/mol. The van der Waals surface area contributed by atoms with E-state index in [9.17, 15) is 8.42 Å². The summed E-state index contributed by atoms with van der Waals surface area (Å²) in [5.74, 6) is 0.914. The Bertz CT molecular complexity index is 502. The monoisotopic (exact) mass is 290 g/mol. The van der Waals surface area contributed by atoms with Crippen LogP contribution in [0, 0.1) is 11.3 Å². The molecule has 4 nitrogen and oxygen atoms in total. The standard InChI is InChI=1S/C10H14N2O2S3/c1-8(5-6-15-2)12-17(13,14)10-4-3-9(7-11)16-10/h3-4,8,12H,5-6H2,1-2H3. The van der Waals surface area contributed by atoms with Crippen molar-refractivity contribution in [2.75, 3.05) is 12.0 Å². The summed E-state index contributed by atoms with van der Waals surface area (Å²) in [6, 6.07) is 4.82. The van der Waals surface area contributed by atoms with Gasteiger partial charge in [0.15, 0.2) is 0 Å². The lowest BCUT2D eigenvalue weighted by atomic mass is 10.3. The van der Waals surface area contributed by atoms with E-state index in [-0.39, 0.29) is 10.3 Å². The van der Waals surface area contributed by atoms with Gasteiger partial charge in [0.05, 0.1) is 0 Å². The predicted molar refractivity (Wildman–Crippen MR) is 71.8 cm³/mol. The maximum Gasteiger partial charge on any atom is 0.250 e. The molecule has 0 aliphatic heterocycles. The van der Waals surface area contributed by atoms with Gasteiger partial charge in [-0.3, -0.25) is 0 Å². The highest BCUT2D eigenvalue weighted by atomic mass is 32.2. The second kappa shape index (κ2) is 6.40. The molecular formula is C10H14N2O2S3. The summed E-state index contributed by atoms with van der Waals surface area (Å²) < 4.78 is 26.6. The molecule has 0 aliphatic rings. The van der Waals surface area contributed by atoms with Gasteiger partial charge in [0.2, 0.25) is 10.0 Å². The third-order valence-corrected chi connectivity index (χ3v) is 5.78. The Morgan fingerprint density at radius 2 is 2.29 bits per heavy atom. The molecule has 0 bridgehead atoms. The second-order valence-corrected chi connectivity index (χ2v) is 7.54. The second-order valence-electron chi connectivity index (χ2n) is 3.53. The van der Waals surface area contributed by atoms with Crippen LogP contribution in [0.5, 0.6) is 0 Å². The van der Waals surface area contributed by atoms with Crippen molar-refractivity contribution in [3.05, 3.63) is 17.0 Å². The van der Waals surface area contributed by atoms with Crippen molar-refractivity contribution >= 4 is 33.1 Å². The van der Waals surface area contributed by atoms with Gasteiger partial charge in [-0.15, -0.1) is 11.3 Å². The average Bonchev–Trinajstić information content (AvgIpc) is 2.75. The van der Waals surface area contributed by atoms with E-state index < -0.39 is 10.0 Å².